The van der Waals surface area contributed by atoms with Gasteiger partial charge < -0.3 is 9.88 Å². The number of fused-ring (bicyclic) bond motifs is 1. The summed E-state index contributed by atoms with van der Waals surface area (Å²) in [4.78, 5) is 0. The molecule has 0 spiro atoms. The highest BCUT2D eigenvalue weighted by atomic mass is 32.2. The van der Waals surface area contributed by atoms with Gasteiger partial charge in [-0.1, -0.05) is 18.2 Å². The van der Waals surface area contributed by atoms with Crippen LogP contribution in [0, 0.1) is 0 Å². The maximum Gasteiger partial charge on any atom is 0.0480 e. The molecule has 1 fully saturated rings. The average Bonchev–Trinajstić information content (AvgIpc) is 2.71. The molecule has 1 N–H and O–H groups in total. The minimum Gasteiger partial charge on any atom is -0.347 e. The predicted octanol–water partition coefficient (Wildman–Crippen LogP) is 3.47. The molecule has 0 atom stereocenters. The molecule has 0 bridgehead atoms. The van der Waals surface area contributed by atoms with Gasteiger partial charge in [-0.2, -0.15) is 23.5 Å². The molecule has 0 saturated carbocycles. The summed E-state index contributed by atoms with van der Waals surface area (Å²) in [5.41, 5.74) is 1.35. The lowest BCUT2D eigenvalue weighted by Gasteiger charge is -2.15. The maximum atomic E-state index is 3.72. The van der Waals surface area contributed by atoms with E-state index in [2.05, 4.69) is 69.9 Å². The number of para-hydroxylation sites is 1. The summed E-state index contributed by atoms with van der Waals surface area (Å²) in [5.74, 6) is 5.19. The first-order valence-corrected chi connectivity index (χ1v) is 9.67. The third-order valence-corrected chi connectivity index (χ3v) is 6.22. The first kappa shape index (κ1) is 14.4. The van der Waals surface area contributed by atoms with Crippen LogP contribution in [0.3, 0.4) is 0 Å². The minimum atomic E-state index is 0.703. The van der Waals surface area contributed by atoms with E-state index in [4.69, 9.17) is 0 Å². The van der Waals surface area contributed by atoms with Crippen molar-refractivity contribution in [3.63, 3.8) is 0 Å². The highest BCUT2D eigenvalue weighted by Gasteiger charge is 2.11. The fourth-order valence-electron chi connectivity index (χ4n) is 2.63. The quantitative estimate of drug-likeness (QED) is 0.853. The standard InChI is InChI=1S/C16H22N2S2/c1-2-5-16-14(4-1)6-9-18(16)8-3-7-17-15-12-19-10-11-20-13-15/h1-2,4-6,9,15,17H,3,7-8,10-13H2. The highest BCUT2D eigenvalue weighted by Crippen LogP contribution is 2.17. The second kappa shape index (κ2) is 7.43. The topological polar surface area (TPSA) is 17.0 Å². The van der Waals surface area contributed by atoms with E-state index in [1.807, 2.05) is 0 Å². The zero-order chi connectivity index (χ0) is 13.6. The number of aryl methyl sites for hydroxylation is 1. The van der Waals surface area contributed by atoms with Crippen LogP contribution in [0.5, 0.6) is 0 Å². The molecular formula is C16H22N2S2. The van der Waals surface area contributed by atoms with Crippen molar-refractivity contribution in [3.05, 3.63) is 36.5 Å². The summed E-state index contributed by atoms with van der Waals surface area (Å²) in [7, 11) is 0. The number of benzene rings is 1. The first-order valence-electron chi connectivity index (χ1n) is 7.36. The largest absolute Gasteiger partial charge is 0.347 e. The number of hydrogen-bond donors (Lipinski definition) is 1. The summed E-state index contributed by atoms with van der Waals surface area (Å²) < 4.78 is 2.37. The lowest BCUT2D eigenvalue weighted by Crippen LogP contribution is -2.34. The molecule has 1 aromatic heterocycles. The Morgan fingerprint density at radius 2 is 1.90 bits per heavy atom. The summed E-state index contributed by atoms with van der Waals surface area (Å²) in [6.07, 6.45) is 3.41. The smallest absolute Gasteiger partial charge is 0.0480 e. The van der Waals surface area contributed by atoms with E-state index in [-0.39, 0.29) is 0 Å². The van der Waals surface area contributed by atoms with Crippen LogP contribution in [-0.2, 0) is 6.54 Å². The lowest BCUT2D eigenvalue weighted by atomic mass is 10.2. The van der Waals surface area contributed by atoms with E-state index in [0.717, 1.165) is 13.1 Å². The van der Waals surface area contributed by atoms with Gasteiger partial charge in [0, 0.05) is 47.3 Å². The van der Waals surface area contributed by atoms with Crippen LogP contribution < -0.4 is 5.32 Å². The number of nitrogens with zero attached hydrogens (tertiary/aromatic N) is 1. The Labute approximate surface area is 129 Å². The van der Waals surface area contributed by atoms with E-state index < -0.39 is 0 Å². The van der Waals surface area contributed by atoms with Gasteiger partial charge in [-0.15, -0.1) is 0 Å². The third kappa shape index (κ3) is 3.74. The van der Waals surface area contributed by atoms with E-state index >= 15 is 0 Å². The van der Waals surface area contributed by atoms with Crippen LogP contribution in [0.1, 0.15) is 6.42 Å². The molecular weight excluding hydrogens is 284 g/mol. The van der Waals surface area contributed by atoms with E-state index in [0.29, 0.717) is 6.04 Å². The average molecular weight is 306 g/mol. The Morgan fingerprint density at radius 3 is 2.75 bits per heavy atom. The second-order valence-electron chi connectivity index (χ2n) is 5.22. The van der Waals surface area contributed by atoms with Crippen molar-refractivity contribution in [1.82, 2.24) is 9.88 Å². The molecule has 20 heavy (non-hydrogen) atoms. The predicted molar refractivity (Wildman–Crippen MR) is 93.0 cm³/mol. The van der Waals surface area contributed by atoms with Crippen molar-refractivity contribution in [3.8, 4) is 0 Å². The molecule has 0 aliphatic carbocycles. The summed E-state index contributed by atoms with van der Waals surface area (Å²) in [5, 5.41) is 5.06. The van der Waals surface area contributed by atoms with Gasteiger partial charge in [-0.05, 0) is 30.5 Å². The minimum absolute atomic E-state index is 0.703. The molecule has 2 heterocycles. The van der Waals surface area contributed by atoms with Gasteiger partial charge in [0.2, 0.25) is 0 Å². The zero-order valence-electron chi connectivity index (χ0n) is 11.8. The van der Waals surface area contributed by atoms with Gasteiger partial charge in [0.15, 0.2) is 0 Å². The Kier molecular flexibility index (Phi) is 5.34. The Balaban J connectivity index is 1.45. The van der Waals surface area contributed by atoms with Crippen molar-refractivity contribution in [1.29, 1.82) is 0 Å². The van der Waals surface area contributed by atoms with Crippen LogP contribution in [-0.4, -0.2) is 40.2 Å². The number of hydrogen-bond acceptors (Lipinski definition) is 3. The van der Waals surface area contributed by atoms with Gasteiger partial charge in [-0.25, -0.2) is 0 Å². The van der Waals surface area contributed by atoms with Gasteiger partial charge in [0.05, 0.1) is 0 Å². The van der Waals surface area contributed by atoms with Gasteiger partial charge >= 0.3 is 0 Å². The summed E-state index contributed by atoms with van der Waals surface area (Å²) >= 11 is 4.19. The molecule has 1 saturated heterocycles. The fraction of sp³-hybridized carbons (Fsp3) is 0.500. The molecule has 0 amide bonds. The molecule has 0 radical (unpaired) electrons. The third-order valence-electron chi connectivity index (χ3n) is 3.70. The number of rotatable bonds is 5. The van der Waals surface area contributed by atoms with E-state index in [1.165, 1.54) is 40.3 Å². The maximum absolute atomic E-state index is 3.72. The zero-order valence-corrected chi connectivity index (χ0v) is 13.4. The van der Waals surface area contributed by atoms with E-state index in [9.17, 15) is 0 Å². The molecule has 3 rings (SSSR count). The van der Waals surface area contributed by atoms with Crippen molar-refractivity contribution < 1.29 is 0 Å². The van der Waals surface area contributed by atoms with Crippen LogP contribution in [0.25, 0.3) is 10.9 Å². The van der Waals surface area contributed by atoms with Crippen molar-refractivity contribution in [2.75, 3.05) is 29.6 Å². The van der Waals surface area contributed by atoms with Crippen molar-refractivity contribution in [2.24, 2.45) is 0 Å². The highest BCUT2D eigenvalue weighted by molar-refractivity contribution is 8.03. The second-order valence-corrected chi connectivity index (χ2v) is 7.52. The monoisotopic (exact) mass is 306 g/mol. The van der Waals surface area contributed by atoms with Gasteiger partial charge in [-0.3, -0.25) is 0 Å². The van der Waals surface area contributed by atoms with Crippen LogP contribution >= 0.6 is 23.5 Å². The van der Waals surface area contributed by atoms with E-state index in [1.54, 1.807) is 0 Å². The van der Waals surface area contributed by atoms with Crippen LogP contribution in [0.4, 0.5) is 0 Å². The molecule has 108 valence electrons. The van der Waals surface area contributed by atoms with Gasteiger partial charge in [0.1, 0.15) is 0 Å². The Morgan fingerprint density at radius 1 is 1.10 bits per heavy atom. The molecule has 1 aliphatic rings. The molecule has 2 nitrogen and oxygen atoms in total. The Bertz CT molecular complexity index is 530. The number of nitrogens with one attached hydrogen (secondary N) is 1. The Hall–Kier alpha value is -0.580. The van der Waals surface area contributed by atoms with Crippen LogP contribution in [0.15, 0.2) is 36.5 Å². The van der Waals surface area contributed by atoms with Gasteiger partial charge in [0.25, 0.3) is 0 Å². The lowest BCUT2D eigenvalue weighted by molar-refractivity contribution is 0.549. The number of thioether (sulfide) groups is 2. The number of aromatic nitrogens is 1. The molecule has 4 heteroatoms. The molecule has 1 aliphatic heterocycles. The first-order chi connectivity index (χ1) is 9.93. The van der Waals surface area contributed by atoms with Crippen molar-refractivity contribution in [2.45, 2.75) is 19.0 Å². The summed E-state index contributed by atoms with van der Waals surface area (Å²) in [6, 6.07) is 11.5. The molecule has 2 aromatic rings. The summed E-state index contributed by atoms with van der Waals surface area (Å²) in [6.45, 7) is 2.23. The molecule has 0 unspecified atom stereocenters. The SMILES string of the molecule is c1ccc2c(c1)ccn2CCCNC1CSCCSC1. The van der Waals surface area contributed by atoms with Crippen molar-refractivity contribution >= 4 is 34.4 Å². The fourth-order valence-corrected chi connectivity index (χ4v) is 5.09. The molecule has 1 aromatic carbocycles. The normalized spacial score (nSPS) is 17.4. The van der Waals surface area contributed by atoms with Crippen LogP contribution in [0.2, 0.25) is 0 Å².